The molecule has 0 aromatic carbocycles. The van der Waals surface area contributed by atoms with Crippen LogP contribution in [0.5, 0.6) is 0 Å². The van der Waals surface area contributed by atoms with Crippen molar-refractivity contribution in [3.05, 3.63) is 0 Å². The van der Waals surface area contributed by atoms with Gasteiger partial charge >= 0.3 is 0 Å². The molecule has 0 spiro atoms. The number of amides is 1. The number of hydrogen-bond donors (Lipinski definition) is 1. The molecule has 0 bridgehead atoms. The van der Waals surface area contributed by atoms with Crippen molar-refractivity contribution in [3.63, 3.8) is 0 Å². The maximum Gasteiger partial charge on any atom is 0.239 e. The van der Waals surface area contributed by atoms with Gasteiger partial charge in [0.15, 0.2) is 0 Å². The fourth-order valence-corrected chi connectivity index (χ4v) is 2.44. The molecule has 4 heteroatoms. The molecule has 0 saturated carbocycles. The fraction of sp³-hybridized carbons (Fsp3) is 0.929. The molecule has 0 unspecified atom stereocenters. The molecule has 0 aromatic heterocycles. The van der Waals surface area contributed by atoms with Gasteiger partial charge in [0.1, 0.15) is 0 Å². The predicted octanol–water partition coefficient (Wildman–Crippen LogP) is 1.30. The second-order valence-electron chi connectivity index (χ2n) is 6.72. The third kappa shape index (κ3) is 4.25. The lowest BCUT2D eigenvalue weighted by Crippen LogP contribution is -2.57. The van der Waals surface area contributed by atoms with Crippen molar-refractivity contribution in [2.24, 2.45) is 11.7 Å². The summed E-state index contributed by atoms with van der Waals surface area (Å²) in [7, 11) is 0. The molecule has 18 heavy (non-hydrogen) atoms. The lowest BCUT2D eigenvalue weighted by molar-refractivity contribution is -0.135. The van der Waals surface area contributed by atoms with Crippen LogP contribution in [0.4, 0.5) is 0 Å². The molecule has 1 atom stereocenters. The highest BCUT2D eigenvalue weighted by Gasteiger charge is 2.29. The number of nitrogens with zero attached hydrogens (tertiary/aromatic N) is 2. The van der Waals surface area contributed by atoms with Gasteiger partial charge in [-0.3, -0.25) is 9.69 Å². The van der Waals surface area contributed by atoms with Gasteiger partial charge in [0.2, 0.25) is 5.91 Å². The summed E-state index contributed by atoms with van der Waals surface area (Å²) in [5.41, 5.74) is 6.15. The Morgan fingerprint density at radius 1 is 1.17 bits per heavy atom. The second-order valence-corrected chi connectivity index (χ2v) is 6.72. The smallest absolute Gasteiger partial charge is 0.239 e. The molecule has 1 aliphatic rings. The number of carbonyl (C=O) groups excluding carboxylic acids is 1. The van der Waals surface area contributed by atoms with E-state index in [1.807, 2.05) is 4.90 Å². The van der Waals surface area contributed by atoms with Gasteiger partial charge in [-0.25, -0.2) is 0 Å². The summed E-state index contributed by atoms with van der Waals surface area (Å²) in [6.45, 7) is 14.4. The van der Waals surface area contributed by atoms with Crippen LogP contribution in [0.25, 0.3) is 0 Å². The van der Waals surface area contributed by atoms with Crippen molar-refractivity contribution in [1.82, 2.24) is 9.80 Å². The van der Waals surface area contributed by atoms with E-state index in [2.05, 4.69) is 39.5 Å². The van der Waals surface area contributed by atoms with Crippen LogP contribution in [0.15, 0.2) is 0 Å². The van der Waals surface area contributed by atoms with Crippen LogP contribution in [-0.2, 0) is 4.79 Å². The molecule has 1 amide bonds. The Morgan fingerprint density at radius 3 is 2.06 bits per heavy atom. The first-order chi connectivity index (χ1) is 8.21. The average Bonchev–Trinajstić information content (AvgIpc) is 2.26. The van der Waals surface area contributed by atoms with Gasteiger partial charge in [-0.15, -0.1) is 0 Å². The lowest BCUT2D eigenvalue weighted by atomic mass is 10.0. The Hall–Kier alpha value is -0.610. The molecule has 0 radical (unpaired) electrons. The van der Waals surface area contributed by atoms with Gasteiger partial charge in [-0.05, 0) is 33.1 Å². The van der Waals surface area contributed by atoms with Gasteiger partial charge < -0.3 is 10.6 Å². The van der Waals surface area contributed by atoms with E-state index >= 15 is 0 Å². The van der Waals surface area contributed by atoms with Crippen molar-refractivity contribution < 1.29 is 4.79 Å². The number of nitrogens with two attached hydrogens (primary N) is 1. The molecule has 4 nitrogen and oxygen atoms in total. The molecule has 0 aliphatic carbocycles. The minimum Gasteiger partial charge on any atom is -0.339 e. The van der Waals surface area contributed by atoms with Crippen LogP contribution < -0.4 is 5.73 Å². The minimum absolute atomic E-state index is 0.122. The molecule has 1 aliphatic heterocycles. The fourth-order valence-electron chi connectivity index (χ4n) is 2.44. The highest BCUT2D eigenvalue weighted by atomic mass is 16.2. The Bertz CT molecular complexity index is 275. The Balaban J connectivity index is 2.45. The van der Waals surface area contributed by atoms with Crippen molar-refractivity contribution >= 4 is 5.91 Å². The quantitative estimate of drug-likeness (QED) is 0.827. The summed E-state index contributed by atoms with van der Waals surface area (Å²) < 4.78 is 0. The molecule has 1 rings (SSSR count). The van der Waals surface area contributed by atoms with Gasteiger partial charge in [-0.2, -0.15) is 0 Å². The van der Waals surface area contributed by atoms with Crippen molar-refractivity contribution in [2.75, 3.05) is 26.2 Å². The summed E-state index contributed by atoms with van der Waals surface area (Å²) in [6, 6.07) is -0.328. The maximum absolute atomic E-state index is 12.2. The summed E-state index contributed by atoms with van der Waals surface area (Å²) in [5.74, 6) is 0.595. The molecule has 0 aromatic rings. The molecule has 2 N–H and O–H groups in total. The lowest BCUT2D eigenvalue weighted by Gasteiger charge is -2.42. The topological polar surface area (TPSA) is 49.6 Å². The van der Waals surface area contributed by atoms with Crippen LogP contribution >= 0.6 is 0 Å². The van der Waals surface area contributed by atoms with E-state index in [0.29, 0.717) is 5.92 Å². The molecule has 106 valence electrons. The number of hydrogen-bond acceptors (Lipinski definition) is 3. The summed E-state index contributed by atoms with van der Waals surface area (Å²) >= 11 is 0. The first-order valence-electron chi connectivity index (χ1n) is 7.01. The van der Waals surface area contributed by atoms with Crippen LogP contribution in [-0.4, -0.2) is 53.5 Å². The van der Waals surface area contributed by atoms with E-state index in [4.69, 9.17) is 5.73 Å². The third-order valence-corrected chi connectivity index (χ3v) is 3.58. The van der Waals surface area contributed by atoms with E-state index in [9.17, 15) is 4.79 Å². The van der Waals surface area contributed by atoms with Crippen molar-refractivity contribution in [1.29, 1.82) is 0 Å². The number of piperazine rings is 1. The monoisotopic (exact) mass is 255 g/mol. The Morgan fingerprint density at radius 2 is 1.67 bits per heavy atom. The zero-order valence-electron chi connectivity index (χ0n) is 12.6. The van der Waals surface area contributed by atoms with E-state index in [1.54, 1.807) is 0 Å². The van der Waals surface area contributed by atoms with E-state index in [-0.39, 0.29) is 17.5 Å². The zero-order valence-corrected chi connectivity index (χ0v) is 12.6. The standard InChI is InChI=1S/C14H29N3O/c1-11(2)10-12(15)13(18)16-6-8-17(9-7-16)14(3,4)5/h11-12H,6-10,15H2,1-5H3/t12-/m0/s1. The third-order valence-electron chi connectivity index (χ3n) is 3.58. The first-order valence-corrected chi connectivity index (χ1v) is 7.01. The first kappa shape index (κ1) is 15.4. The number of carbonyl (C=O) groups is 1. The Kier molecular flexibility index (Phi) is 5.17. The molecule has 1 heterocycles. The van der Waals surface area contributed by atoms with Gasteiger partial charge in [0, 0.05) is 31.7 Å². The van der Waals surface area contributed by atoms with Crippen LogP contribution in [0, 0.1) is 5.92 Å². The van der Waals surface area contributed by atoms with Gasteiger partial charge in [-0.1, -0.05) is 13.8 Å². The normalized spacial score (nSPS) is 20.3. The summed E-state index contributed by atoms with van der Waals surface area (Å²) in [6.07, 6.45) is 0.776. The van der Waals surface area contributed by atoms with Crippen molar-refractivity contribution in [2.45, 2.75) is 52.6 Å². The molecule has 1 fully saturated rings. The molecular formula is C14H29N3O. The highest BCUT2D eigenvalue weighted by molar-refractivity contribution is 5.81. The largest absolute Gasteiger partial charge is 0.339 e. The summed E-state index contributed by atoms with van der Waals surface area (Å²) in [4.78, 5) is 16.5. The van der Waals surface area contributed by atoms with E-state index in [1.165, 1.54) is 0 Å². The highest BCUT2D eigenvalue weighted by Crippen LogP contribution is 2.16. The van der Waals surface area contributed by atoms with Gasteiger partial charge in [0.05, 0.1) is 6.04 Å². The molecular weight excluding hydrogens is 226 g/mol. The SMILES string of the molecule is CC(C)C[C@H](N)C(=O)N1CCN(C(C)(C)C)CC1. The predicted molar refractivity (Wildman–Crippen MR) is 75.3 cm³/mol. The van der Waals surface area contributed by atoms with E-state index in [0.717, 1.165) is 32.6 Å². The van der Waals surface area contributed by atoms with Gasteiger partial charge in [0.25, 0.3) is 0 Å². The zero-order chi connectivity index (χ0) is 13.9. The average molecular weight is 255 g/mol. The van der Waals surface area contributed by atoms with Crippen LogP contribution in [0.2, 0.25) is 0 Å². The second kappa shape index (κ2) is 6.02. The van der Waals surface area contributed by atoms with Crippen molar-refractivity contribution in [3.8, 4) is 0 Å². The molecule has 1 saturated heterocycles. The maximum atomic E-state index is 12.2. The Labute approximate surface area is 111 Å². The van der Waals surface area contributed by atoms with E-state index < -0.39 is 0 Å². The number of rotatable bonds is 3. The van der Waals surface area contributed by atoms with Crippen LogP contribution in [0.1, 0.15) is 41.0 Å². The minimum atomic E-state index is -0.328. The van der Waals surface area contributed by atoms with Crippen LogP contribution in [0.3, 0.4) is 0 Å². The summed E-state index contributed by atoms with van der Waals surface area (Å²) in [5, 5.41) is 0.